The molecular formula is C23H29FN6O. The van der Waals surface area contributed by atoms with Crippen molar-refractivity contribution < 1.29 is 9.18 Å². The lowest BCUT2D eigenvalue weighted by Gasteiger charge is -2.35. The van der Waals surface area contributed by atoms with E-state index in [2.05, 4.69) is 11.8 Å². The van der Waals surface area contributed by atoms with Crippen molar-refractivity contribution in [3.63, 3.8) is 0 Å². The molecule has 1 fully saturated rings. The van der Waals surface area contributed by atoms with Crippen LogP contribution in [0, 0.1) is 12.7 Å². The number of rotatable bonds is 6. The third kappa shape index (κ3) is 4.24. The van der Waals surface area contributed by atoms with Gasteiger partial charge in [0.05, 0.1) is 16.8 Å². The summed E-state index contributed by atoms with van der Waals surface area (Å²) in [4.78, 5) is 26.2. The molecular weight excluding hydrogens is 395 g/mol. The second kappa shape index (κ2) is 8.99. The Hall–Kier alpha value is -3.03. The molecule has 0 atom stereocenters. The molecule has 3 aromatic rings. The molecule has 1 aliphatic rings. The third-order valence-electron chi connectivity index (χ3n) is 5.67. The van der Waals surface area contributed by atoms with Crippen LogP contribution in [0.3, 0.4) is 0 Å². The molecule has 7 nitrogen and oxygen atoms in total. The first-order valence-corrected chi connectivity index (χ1v) is 11.1. The van der Waals surface area contributed by atoms with Crippen LogP contribution in [0.4, 0.5) is 10.2 Å². The Morgan fingerprint density at radius 3 is 2.39 bits per heavy atom. The lowest BCUT2D eigenvalue weighted by Crippen LogP contribution is -2.49. The van der Waals surface area contributed by atoms with Crippen molar-refractivity contribution in [3.05, 3.63) is 41.6 Å². The SMILES string of the molecule is CCCC(=O)N1CCN(c2nc(CCC)nc3c2c(C)nn3-c2ccc(F)cc2)CC1. The molecule has 0 saturated carbocycles. The minimum Gasteiger partial charge on any atom is -0.352 e. The van der Waals surface area contributed by atoms with Gasteiger partial charge in [-0.25, -0.2) is 19.0 Å². The van der Waals surface area contributed by atoms with Crippen LogP contribution in [0.2, 0.25) is 0 Å². The summed E-state index contributed by atoms with van der Waals surface area (Å²) in [5.41, 5.74) is 2.34. The van der Waals surface area contributed by atoms with E-state index in [-0.39, 0.29) is 11.7 Å². The minimum absolute atomic E-state index is 0.224. The van der Waals surface area contributed by atoms with Crippen LogP contribution in [-0.4, -0.2) is 56.7 Å². The molecule has 8 heteroatoms. The highest BCUT2D eigenvalue weighted by Gasteiger charge is 2.26. The molecule has 1 saturated heterocycles. The maximum atomic E-state index is 13.4. The van der Waals surface area contributed by atoms with Crippen molar-refractivity contribution in [2.45, 2.75) is 46.5 Å². The number of hydrogen-bond donors (Lipinski definition) is 0. The van der Waals surface area contributed by atoms with Crippen LogP contribution in [0.5, 0.6) is 0 Å². The summed E-state index contributed by atoms with van der Waals surface area (Å²) in [6.45, 7) is 8.94. The maximum Gasteiger partial charge on any atom is 0.222 e. The highest BCUT2D eigenvalue weighted by Crippen LogP contribution is 2.30. The summed E-state index contributed by atoms with van der Waals surface area (Å²) >= 11 is 0. The van der Waals surface area contributed by atoms with E-state index in [4.69, 9.17) is 15.1 Å². The number of halogens is 1. The fourth-order valence-electron chi connectivity index (χ4n) is 4.07. The first kappa shape index (κ1) is 21.2. The number of nitrogens with zero attached hydrogens (tertiary/aromatic N) is 6. The standard InChI is InChI=1S/C23H29FN6O/c1-4-6-19-25-22(29-14-12-28(13-15-29)20(31)7-5-2)21-16(3)27-30(23(21)26-19)18-10-8-17(24)9-11-18/h8-11H,4-7,12-15H2,1-3H3. The quantitative estimate of drug-likeness (QED) is 0.604. The van der Waals surface area contributed by atoms with Crippen LogP contribution < -0.4 is 4.90 Å². The number of carbonyl (C=O) groups excluding carboxylic acids is 1. The number of amides is 1. The number of piperazine rings is 1. The van der Waals surface area contributed by atoms with E-state index in [0.717, 1.165) is 66.4 Å². The van der Waals surface area contributed by atoms with Crippen molar-refractivity contribution in [1.82, 2.24) is 24.6 Å². The van der Waals surface area contributed by atoms with Crippen molar-refractivity contribution in [3.8, 4) is 5.69 Å². The normalized spacial score (nSPS) is 14.5. The molecule has 31 heavy (non-hydrogen) atoms. The first-order valence-electron chi connectivity index (χ1n) is 11.1. The van der Waals surface area contributed by atoms with Crippen molar-refractivity contribution >= 4 is 22.8 Å². The Morgan fingerprint density at radius 2 is 1.74 bits per heavy atom. The van der Waals surface area contributed by atoms with E-state index >= 15 is 0 Å². The Labute approximate surface area is 181 Å². The van der Waals surface area contributed by atoms with Gasteiger partial charge in [0, 0.05) is 39.0 Å². The van der Waals surface area contributed by atoms with Crippen LogP contribution in [0.15, 0.2) is 24.3 Å². The number of aromatic nitrogens is 4. The zero-order valence-corrected chi connectivity index (χ0v) is 18.4. The van der Waals surface area contributed by atoms with Gasteiger partial charge in [-0.2, -0.15) is 5.10 Å². The average Bonchev–Trinajstić information content (AvgIpc) is 3.11. The molecule has 0 radical (unpaired) electrons. The Bertz CT molecular complexity index is 1070. The van der Waals surface area contributed by atoms with Gasteiger partial charge in [-0.15, -0.1) is 0 Å². The fourth-order valence-corrected chi connectivity index (χ4v) is 4.07. The van der Waals surface area contributed by atoms with Gasteiger partial charge in [-0.1, -0.05) is 13.8 Å². The average molecular weight is 425 g/mol. The molecule has 0 aliphatic carbocycles. The van der Waals surface area contributed by atoms with Gasteiger partial charge in [-0.05, 0) is 44.0 Å². The molecule has 3 heterocycles. The van der Waals surface area contributed by atoms with Gasteiger partial charge in [0.15, 0.2) is 5.65 Å². The topological polar surface area (TPSA) is 67.2 Å². The van der Waals surface area contributed by atoms with E-state index in [1.165, 1.54) is 12.1 Å². The Balaban J connectivity index is 1.73. The predicted octanol–water partition coefficient (Wildman–Crippen LogP) is 3.66. The molecule has 1 aliphatic heterocycles. The van der Waals surface area contributed by atoms with Gasteiger partial charge in [0.25, 0.3) is 0 Å². The lowest BCUT2D eigenvalue weighted by molar-refractivity contribution is -0.131. The van der Waals surface area contributed by atoms with Crippen LogP contribution in [0.25, 0.3) is 16.7 Å². The van der Waals surface area contributed by atoms with Crippen molar-refractivity contribution in [1.29, 1.82) is 0 Å². The van der Waals surface area contributed by atoms with Gasteiger partial charge in [0.1, 0.15) is 17.5 Å². The summed E-state index contributed by atoms with van der Waals surface area (Å²) in [6.07, 6.45) is 3.18. The number of carbonyl (C=O) groups is 1. The third-order valence-corrected chi connectivity index (χ3v) is 5.67. The second-order valence-corrected chi connectivity index (χ2v) is 8.00. The molecule has 0 spiro atoms. The van der Waals surface area contributed by atoms with Gasteiger partial charge in [0.2, 0.25) is 5.91 Å². The van der Waals surface area contributed by atoms with Gasteiger partial charge >= 0.3 is 0 Å². The molecule has 1 amide bonds. The zero-order chi connectivity index (χ0) is 22.0. The van der Waals surface area contributed by atoms with Crippen molar-refractivity contribution in [2.24, 2.45) is 0 Å². The number of fused-ring (bicyclic) bond motifs is 1. The highest BCUT2D eigenvalue weighted by molar-refractivity contribution is 5.91. The molecule has 0 N–H and O–H groups in total. The van der Waals surface area contributed by atoms with E-state index in [1.807, 2.05) is 18.7 Å². The summed E-state index contributed by atoms with van der Waals surface area (Å²) < 4.78 is 15.2. The van der Waals surface area contributed by atoms with E-state index in [1.54, 1.807) is 16.8 Å². The van der Waals surface area contributed by atoms with Crippen LogP contribution in [0.1, 0.15) is 44.6 Å². The minimum atomic E-state index is -0.283. The molecule has 4 rings (SSSR count). The van der Waals surface area contributed by atoms with E-state index in [0.29, 0.717) is 19.5 Å². The summed E-state index contributed by atoms with van der Waals surface area (Å²) in [7, 11) is 0. The predicted molar refractivity (Wildman–Crippen MR) is 119 cm³/mol. The molecule has 0 bridgehead atoms. The van der Waals surface area contributed by atoms with Gasteiger partial charge in [-0.3, -0.25) is 4.79 Å². The number of aryl methyl sites for hydroxylation is 2. The Kier molecular flexibility index (Phi) is 6.15. The molecule has 2 aromatic heterocycles. The first-order chi connectivity index (χ1) is 15.0. The van der Waals surface area contributed by atoms with Gasteiger partial charge < -0.3 is 9.80 Å². The highest BCUT2D eigenvalue weighted by atomic mass is 19.1. The van der Waals surface area contributed by atoms with Crippen LogP contribution in [-0.2, 0) is 11.2 Å². The number of anilines is 1. The molecule has 1 aromatic carbocycles. The number of hydrogen-bond acceptors (Lipinski definition) is 5. The Morgan fingerprint density at radius 1 is 1.03 bits per heavy atom. The van der Waals surface area contributed by atoms with E-state index < -0.39 is 0 Å². The second-order valence-electron chi connectivity index (χ2n) is 8.00. The largest absolute Gasteiger partial charge is 0.352 e. The molecule has 164 valence electrons. The van der Waals surface area contributed by atoms with E-state index in [9.17, 15) is 9.18 Å². The zero-order valence-electron chi connectivity index (χ0n) is 18.4. The maximum absolute atomic E-state index is 13.4. The smallest absolute Gasteiger partial charge is 0.222 e. The summed E-state index contributed by atoms with van der Waals surface area (Å²) in [5.74, 6) is 1.59. The monoisotopic (exact) mass is 424 g/mol. The van der Waals surface area contributed by atoms with Crippen LogP contribution >= 0.6 is 0 Å². The number of benzene rings is 1. The lowest BCUT2D eigenvalue weighted by atomic mass is 10.2. The summed E-state index contributed by atoms with van der Waals surface area (Å²) in [6, 6.07) is 6.28. The summed E-state index contributed by atoms with van der Waals surface area (Å²) in [5, 5.41) is 5.63. The van der Waals surface area contributed by atoms with Crippen molar-refractivity contribution in [2.75, 3.05) is 31.1 Å². The molecule has 0 unspecified atom stereocenters. The fraction of sp³-hybridized carbons (Fsp3) is 0.478.